The van der Waals surface area contributed by atoms with E-state index in [1.165, 1.54) is 15.3 Å². The molecule has 10 nitrogen and oxygen atoms in total. The van der Waals surface area contributed by atoms with E-state index in [1.54, 1.807) is 38.5 Å². The van der Waals surface area contributed by atoms with Crippen molar-refractivity contribution in [3.8, 4) is 6.07 Å². The fourth-order valence-corrected chi connectivity index (χ4v) is 3.30. The van der Waals surface area contributed by atoms with E-state index >= 15 is 0 Å². The first-order valence-corrected chi connectivity index (χ1v) is 9.20. The van der Waals surface area contributed by atoms with Crippen molar-refractivity contribution < 1.29 is 4.79 Å². The van der Waals surface area contributed by atoms with E-state index in [0.29, 0.717) is 41.4 Å². The zero-order valence-electron chi connectivity index (χ0n) is 16.0. The third-order valence-electron chi connectivity index (χ3n) is 5.01. The van der Waals surface area contributed by atoms with Gasteiger partial charge in [0.15, 0.2) is 5.65 Å². The van der Waals surface area contributed by atoms with E-state index < -0.39 is 0 Å². The number of aromatic nitrogens is 4. The van der Waals surface area contributed by atoms with Gasteiger partial charge in [0.1, 0.15) is 22.9 Å². The second kappa shape index (κ2) is 7.27. The van der Waals surface area contributed by atoms with Crippen LogP contribution in [0.3, 0.4) is 0 Å². The van der Waals surface area contributed by atoms with Crippen LogP contribution in [0, 0.1) is 17.2 Å². The minimum Gasteiger partial charge on any atom is -0.373 e. The molecule has 1 fully saturated rings. The van der Waals surface area contributed by atoms with Crippen molar-refractivity contribution >= 4 is 28.9 Å². The van der Waals surface area contributed by atoms with Gasteiger partial charge in [-0.3, -0.25) is 9.59 Å². The Morgan fingerprint density at radius 3 is 2.90 bits per heavy atom. The zero-order chi connectivity index (χ0) is 20.5. The van der Waals surface area contributed by atoms with Crippen LogP contribution in [0.5, 0.6) is 0 Å². The van der Waals surface area contributed by atoms with Gasteiger partial charge < -0.3 is 20.5 Å². The van der Waals surface area contributed by atoms with Crippen LogP contribution in [-0.2, 0) is 7.05 Å². The van der Waals surface area contributed by atoms with Gasteiger partial charge in [0.05, 0.1) is 18.2 Å². The van der Waals surface area contributed by atoms with Crippen LogP contribution < -0.4 is 21.5 Å². The highest BCUT2D eigenvalue weighted by Gasteiger charge is 2.31. The van der Waals surface area contributed by atoms with Crippen LogP contribution in [-0.4, -0.2) is 38.2 Å². The van der Waals surface area contributed by atoms with Gasteiger partial charge in [0, 0.05) is 32.4 Å². The lowest BCUT2D eigenvalue weighted by Gasteiger charge is -2.30. The summed E-state index contributed by atoms with van der Waals surface area (Å²) in [5, 5.41) is 22.1. The summed E-state index contributed by atoms with van der Waals surface area (Å²) in [6, 6.07) is 7.31. The van der Waals surface area contributed by atoms with Crippen LogP contribution in [0.2, 0.25) is 0 Å². The monoisotopic (exact) mass is 392 g/mol. The first-order chi connectivity index (χ1) is 14.0. The van der Waals surface area contributed by atoms with E-state index in [4.69, 9.17) is 5.26 Å². The van der Waals surface area contributed by atoms with Gasteiger partial charge >= 0.3 is 0 Å². The van der Waals surface area contributed by atoms with Gasteiger partial charge in [-0.2, -0.15) is 14.9 Å². The molecule has 0 atom stereocenters. The number of rotatable bonds is 5. The van der Waals surface area contributed by atoms with E-state index in [-0.39, 0.29) is 23.4 Å². The zero-order valence-corrected chi connectivity index (χ0v) is 16.0. The number of carbonyl (C=O) groups is 1. The molecule has 0 saturated heterocycles. The molecule has 3 aromatic rings. The summed E-state index contributed by atoms with van der Waals surface area (Å²) >= 11 is 0. The molecule has 4 rings (SSSR count). The van der Waals surface area contributed by atoms with Gasteiger partial charge in [-0.05, 0) is 25.0 Å². The third kappa shape index (κ3) is 3.38. The molecule has 3 N–H and O–H groups in total. The molecule has 1 aliphatic carbocycles. The van der Waals surface area contributed by atoms with Crippen molar-refractivity contribution in [2.45, 2.75) is 18.9 Å². The molecule has 1 amide bonds. The number of fused-ring (bicyclic) bond motifs is 1. The van der Waals surface area contributed by atoms with E-state index in [0.717, 1.165) is 0 Å². The molecule has 10 heteroatoms. The van der Waals surface area contributed by atoms with Gasteiger partial charge in [-0.15, -0.1) is 0 Å². The summed E-state index contributed by atoms with van der Waals surface area (Å²) in [5.41, 5.74) is 0.868. The van der Waals surface area contributed by atoms with Crippen LogP contribution in [0.15, 0.2) is 35.4 Å². The molecule has 29 heavy (non-hydrogen) atoms. The van der Waals surface area contributed by atoms with E-state index in [9.17, 15) is 9.59 Å². The minimum absolute atomic E-state index is 0.00233. The lowest BCUT2D eigenvalue weighted by atomic mass is 9.81. The molecule has 1 aliphatic rings. The Balaban J connectivity index is 1.66. The predicted molar refractivity (Wildman–Crippen MR) is 107 cm³/mol. The number of nitrogens with one attached hydrogen (secondary N) is 3. The van der Waals surface area contributed by atoms with Gasteiger partial charge in [0.25, 0.3) is 11.5 Å². The average molecular weight is 392 g/mol. The number of amides is 1. The summed E-state index contributed by atoms with van der Waals surface area (Å²) in [4.78, 5) is 29.5. The SMILES string of the molecule is CNc1cc(Nc2cccn(C)c2=O)nc2c(C(=O)NC3CC(C#N)C3)cnn12. The van der Waals surface area contributed by atoms with Crippen LogP contribution in [0.25, 0.3) is 5.65 Å². The summed E-state index contributed by atoms with van der Waals surface area (Å²) < 4.78 is 2.99. The fourth-order valence-electron chi connectivity index (χ4n) is 3.30. The number of anilines is 3. The average Bonchev–Trinajstić information content (AvgIpc) is 3.11. The Hall–Kier alpha value is -3.87. The molecule has 0 aliphatic heterocycles. The van der Waals surface area contributed by atoms with Crippen molar-refractivity contribution in [3.05, 3.63) is 46.5 Å². The Kier molecular flexibility index (Phi) is 4.64. The lowest BCUT2D eigenvalue weighted by Crippen LogP contribution is -2.43. The quantitative estimate of drug-likeness (QED) is 0.596. The fraction of sp³-hybridized carbons (Fsp3) is 0.316. The normalized spacial score (nSPS) is 18.0. The maximum absolute atomic E-state index is 12.7. The Morgan fingerprint density at radius 2 is 2.17 bits per heavy atom. The molecular weight excluding hydrogens is 372 g/mol. The topological polar surface area (TPSA) is 129 Å². The highest BCUT2D eigenvalue weighted by molar-refractivity contribution is 6.00. The highest BCUT2D eigenvalue weighted by Crippen LogP contribution is 2.27. The van der Waals surface area contributed by atoms with Gasteiger partial charge in [-0.25, -0.2) is 4.98 Å². The van der Waals surface area contributed by atoms with E-state index in [2.05, 4.69) is 32.1 Å². The number of carbonyl (C=O) groups excluding carboxylic acids is 1. The third-order valence-corrected chi connectivity index (χ3v) is 5.01. The van der Waals surface area contributed by atoms with Gasteiger partial charge in [-0.1, -0.05) is 0 Å². The van der Waals surface area contributed by atoms with Crippen molar-refractivity contribution in [2.75, 3.05) is 17.7 Å². The maximum Gasteiger partial charge on any atom is 0.274 e. The second-order valence-corrected chi connectivity index (χ2v) is 7.00. The molecule has 0 bridgehead atoms. The molecule has 3 heterocycles. The highest BCUT2D eigenvalue weighted by atomic mass is 16.2. The number of nitriles is 1. The van der Waals surface area contributed by atoms with Crippen LogP contribution in [0.4, 0.5) is 17.3 Å². The first-order valence-electron chi connectivity index (χ1n) is 9.20. The molecule has 1 saturated carbocycles. The summed E-state index contributed by atoms with van der Waals surface area (Å²) in [6.45, 7) is 0. The van der Waals surface area contributed by atoms with E-state index in [1.807, 2.05) is 0 Å². The first kappa shape index (κ1) is 18.5. The van der Waals surface area contributed by atoms with Crippen molar-refractivity contribution in [1.82, 2.24) is 24.5 Å². The standard InChI is InChI=1S/C19H20N8O2/c1-21-16-8-15(24-14-4-3-5-26(2)19(14)29)25-17-13(10-22-27(16)17)18(28)23-12-6-11(7-12)9-20/h3-5,8,10-12,21H,6-7H2,1-2H3,(H,23,28)(H,24,25). The molecule has 0 aromatic carbocycles. The molecule has 3 aromatic heterocycles. The number of pyridine rings is 1. The number of hydrogen-bond acceptors (Lipinski definition) is 7. The van der Waals surface area contributed by atoms with Crippen molar-refractivity contribution in [2.24, 2.45) is 13.0 Å². The summed E-state index contributed by atoms with van der Waals surface area (Å²) in [6.07, 6.45) is 4.44. The largest absolute Gasteiger partial charge is 0.373 e. The summed E-state index contributed by atoms with van der Waals surface area (Å²) in [7, 11) is 3.40. The second-order valence-electron chi connectivity index (χ2n) is 7.00. The minimum atomic E-state index is -0.288. The molecule has 0 spiro atoms. The Morgan fingerprint density at radius 1 is 1.38 bits per heavy atom. The number of nitrogens with zero attached hydrogens (tertiary/aromatic N) is 5. The smallest absolute Gasteiger partial charge is 0.274 e. The lowest BCUT2D eigenvalue weighted by molar-refractivity contribution is 0.0906. The van der Waals surface area contributed by atoms with Gasteiger partial charge in [0.2, 0.25) is 0 Å². The predicted octanol–water partition coefficient (Wildman–Crippen LogP) is 1.25. The molecular formula is C19H20N8O2. The molecule has 0 unspecified atom stereocenters. The molecule has 0 radical (unpaired) electrons. The maximum atomic E-state index is 12.7. The number of aryl methyl sites for hydroxylation is 1. The summed E-state index contributed by atoms with van der Waals surface area (Å²) in [5.74, 6) is 0.733. The van der Waals surface area contributed by atoms with Crippen LogP contribution >= 0.6 is 0 Å². The number of hydrogen-bond donors (Lipinski definition) is 3. The Bertz CT molecular complexity index is 1180. The van der Waals surface area contributed by atoms with Crippen LogP contribution in [0.1, 0.15) is 23.2 Å². The van der Waals surface area contributed by atoms with Crippen molar-refractivity contribution in [3.63, 3.8) is 0 Å². The molecule has 148 valence electrons. The van der Waals surface area contributed by atoms with Crippen molar-refractivity contribution in [1.29, 1.82) is 5.26 Å². The Labute approximate surface area is 166 Å².